The molecule has 6 nitrogen and oxygen atoms in total. The lowest BCUT2D eigenvalue weighted by atomic mass is 10.0. The number of amides is 1. The van der Waals surface area contributed by atoms with Gasteiger partial charge in [-0.05, 0) is 26.7 Å². The van der Waals surface area contributed by atoms with Gasteiger partial charge >= 0.3 is 0 Å². The molecule has 1 heterocycles. The Hall–Kier alpha value is -1.95. The average molecular weight is 335 g/mol. The predicted molar refractivity (Wildman–Crippen MR) is 95.9 cm³/mol. The molecule has 0 atom stereocenters. The van der Waals surface area contributed by atoms with Gasteiger partial charge in [0.1, 0.15) is 11.5 Å². The number of carbonyl (C=O) groups excluding carboxylic acids is 1. The first-order valence-electron chi connectivity index (χ1n) is 8.51. The molecular formula is C18H29N3O3. The van der Waals surface area contributed by atoms with Crippen LogP contribution in [0.3, 0.4) is 0 Å². The van der Waals surface area contributed by atoms with E-state index < -0.39 is 0 Å². The highest BCUT2D eigenvalue weighted by Gasteiger charge is 2.21. The number of rotatable bonds is 7. The highest BCUT2D eigenvalue weighted by Crippen LogP contribution is 2.27. The van der Waals surface area contributed by atoms with Crippen LogP contribution < -0.4 is 20.1 Å². The van der Waals surface area contributed by atoms with Gasteiger partial charge in [0, 0.05) is 49.1 Å². The number of piperidine rings is 1. The zero-order valence-electron chi connectivity index (χ0n) is 15.1. The van der Waals surface area contributed by atoms with Crippen LogP contribution in [0.15, 0.2) is 18.2 Å². The number of nitrogens with one attached hydrogen (secondary N) is 2. The molecule has 24 heavy (non-hydrogen) atoms. The Bertz CT molecular complexity index is 518. The van der Waals surface area contributed by atoms with E-state index >= 15 is 0 Å². The molecule has 0 aromatic heterocycles. The number of carbonyl (C=O) groups is 1. The second-order valence-corrected chi connectivity index (χ2v) is 6.52. The van der Waals surface area contributed by atoms with Gasteiger partial charge in [0.05, 0.1) is 20.8 Å². The maximum absolute atomic E-state index is 11.8. The summed E-state index contributed by atoms with van der Waals surface area (Å²) in [6, 6.07) is 6.41. The Kier molecular flexibility index (Phi) is 6.73. The SMILES string of the molecule is COc1cc(NC2CCN(CC(=O)NC(C)C)CC2)cc(OC)c1. The maximum Gasteiger partial charge on any atom is 0.234 e. The van der Waals surface area contributed by atoms with Crippen LogP contribution in [0, 0.1) is 0 Å². The molecule has 1 aliphatic rings. The minimum Gasteiger partial charge on any atom is -0.497 e. The van der Waals surface area contributed by atoms with Gasteiger partial charge in [-0.2, -0.15) is 0 Å². The second kappa shape index (κ2) is 8.78. The molecule has 1 aliphatic heterocycles. The van der Waals surface area contributed by atoms with Gasteiger partial charge < -0.3 is 20.1 Å². The molecule has 1 aromatic rings. The van der Waals surface area contributed by atoms with Crippen LogP contribution in [0.25, 0.3) is 0 Å². The average Bonchev–Trinajstić information content (AvgIpc) is 2.55. The molecule has 0 saturated carbocycles. The maximum atomic E-state index is 11.8. The molecule has 2 rings (SSSR count). The van der Waals surface area contributed by atoms with Crippen LogP contribution in [0.2, 0.25) is 0 Å². The van der Waals surface area contributed by atoms with Gasteiger partial charge in [-0.15, -0.1) is 0 Å². The molecule has 0 radical (unpaired) electrons. The van der Waals surface area contributed by atoms with Gasteiger partial charge in [0.15, 0.2) is 0 Å². The molecule has 1 aromatic carbocycles. The second-order valence-electron chi connectivity index (χ2n) is 6.52. The smallest absolute Gasteiger partial charge is 0.234 e. The third-order valence-corrected chi connectivity index (χ3v) is 4.13. The summed E-state index contributed by atoms with van der Waals surface area (Å²) in [5.74, 6) is 1.66. The topological polar surface area (TPSA) is 62.8 Å². The first-order chi connectivity index (χ1) is 11.5. The molecule has 0 aliphatic carbocycles. The summed E-state index contributed by atoms with van der Waals surface area (Å²) in [6.07, 6.45) is 2.02. The Morgan fingerprint density at radius 3 is 2.25 bits per heavy atom. The fourth-order valence-corrected chi connectivity index (χ4v) is 2.93. The van der Waals surface area contributed by atoms with Crippen LogP contribution >= 0.6 is 0 Å². The van der Waals surface area contributed by atoms with Crippen LogP contribution in [0.1, 0.15) is 26.7 Å². The van der Waals surface area contributed by atoms with Crippen LogP contribution in [0.4, 0.5) is 5.69 Å². The molecule has 1 saturated heterocycles. The Labute approximate surface area is 144 Å². The Morgan fingerprint density at radius 2 is 1.75 bits per heavy atom. The zero-order chi connectivity index (χ0) is 17.5. The largest absolute Gasteiger partial charge is 0.497 e. The third-order valence-electron chi connectivity index (χ3n) is 4.13. The van der Waals surface area contributed by atoms with Crippen molar-refractivity contribution in [2.24, 2.45) is 0 Å². The summed E-state index contributed by atoms with van der Waals surface area (Å²) in [5, 5.41) is 6.49. The Balaban J connectivity index is 1.84. The van der Waals surface area contributed by atoms with Crippen molar-refractivity contribution in [2.75, 3.05) is 39.2 Å². The van der Waals surface area contributed by atoms with E-state index in [0.717, 1.165) is 43.1 Å². The van der Waals surface area contributed by atoms with Crippen molar-refractivity contribution in [3.63, 3.8) is 0 Å². The number of nitrogens with zero attached hydrogens (tertiary/aromatic N) is 1. The van der Waals surface area contributed by atoms with Gasteiger partial charge in [-0.1, -0.05) is 0 Å². The van der Waals surface area contributed by atoms with Crippen molar-refractivity contribution in [1.82, 2.24) is 10.2 Å². The van der Waals surface area contributed by atoms with Crippen LogP contribution in [0.5, 0.6) is 11.5 Å². The fraction of sp³-hybridized carbons (Fsp3) is 0.611. The summed E-state index contributed by atoms with van der Waals surface area (Å²) in [4.78, 5) is 14.0. The first-order valence-corrected chi connectivity index (χ1v) is 8.51. The van der Waals surface area contributed by atoms with Crippen molar-refractivity contribution in [2.45, 2.75) is 38.8 Å². The number of ether oxygens (including phenoxy) is 2. The quantitative estimate of drug-likeness (QED) is 0.799. The minimum atomic E-state index is 0.106. The predicted octanol–water partition coefficient (Wildman–Crippen LogP) is 2.10. The van der Waals surface area contributed by atoms with Crippen molar-refractivity contribution >= 4 is 11.6 Å². The molecule has 6 heteroatoms. The summed E-state index contributed by atoms with van der Waals surface area (Å²) in [6.45, 7) is 6.29. The third kappa shape index (κ3) is 5.60. The van der Waals surface area contributed by atoms with Crippen LogP contribution in [-0.2, 0) is 4.79 Å². The van der Waals surface area contributed by atoms with E-state index in [2.05, 4.69) is 15.5 Å². The molecule has 0 spiro atoms. The number of hydrogen-bond donors (Lipinski definition) is 2. The highest BCUT2D eigenvalue weighted by molar-refractivity contribution is 5.78. The van der Waals surface area contributed by atoms with E-state index in [-0.39, 0.29) is 11.9 Å². The number of benzene rings is 1. The minimum absolute atomic E-state index is 0.106. The normalized spacial score (nSPS) is 16.0. The molecule has 2 N–H and O–H groups in total. The van der Waals surface area contributed by atoms with Crippen molar-refractivity contribution < 1.29 is 14.3 Å². The molecule has 1 amide bonds. The number of methoxy groups -OCH3 is 2. The molecule has 1 fully saturated rings. The number of hydrogen-bond acceptors (Lipinski definition) is 5. The lowest BCUT2D eigenvalue weighted by Crippen LogP contribution is -2.45. The summed E-state index contributed by atoms with van der Waals surface area (Å²) in [7, 11) is 3.30. The van der Waals surface area contributed by atoms with E-state index in [0.29, 0.717) is 12.6 Å². The Morgan fingerprint density at radius 1 is 1.17 bits per heavy atom. The summed E-state index contributed by atoms with van der Waals surface area (Å²) >= 11 is 0. The lowest BCUT2D eigenvalue weighted by Gasteiger charge is -2.32. The monoisotopic (exact) mass is 335 g/mol. The molecule has 0 bridgehead atoms. The summed E-state index contributed by atoms with van der Waals surface area (Å²) in [5.41, 5.74) is 1.00. The van der Waals surface area contributed by atoms with E-state index in [9.17, 15) is 4.79 Å². The van der Waals surface area contributed by atoms with Crippen molar-refractivity contribution in [3.05, 3.63) is 18.2 Å². The van der Waals surface area contributed by atoms with E-state index in [1.54, 1.807) is 14.2 Å². The van der Waals surface area contributed by atoms with E-state index in [1.165, 1.54) is 0 Å². The number of likely N-dealkylation sites (tertiary alicyclic amines) is 1. The molecular weight excluding hydrogens is 306 g/mol. The van der Waals surface area contributed by atoms with Gasteiger partial charge in [0.2, 0.25) is 5.91 Å². The standard InChI is InChI=1S/C18H29N3O3/c1-13(2)19-18(22)12-21-7-5-14(6-8-21)20-15-9-16(23-3)11-17(10-15)24-4/h9-11,13-14,20H,5-8,12H2,1-4H3,(H,19,22). The van der Waals surface area contributed by atoms with Crippen molar-refractivity contribution in [3.8, 4) is 11.5 Å². The fourth-order valence-electron chi connectivity index (χ4n) is 2.93. The zero-order valence-corrected chi connectivity index (χ0v) is 15.1. The van der Waals surface area contributed by atoms with E-state index in [1.807, 2.05) is 32.0 Å². The number of anilines is 1. The van der Waals surface area contributed by atoms with E-state index in [4.69, 9.17) is 9.47 Å². The van der Waals surface area contributed by atoms with Crippen molar-refractivity contribution in [1.29, 1.82) is 0 Å². The lowest BCUT2D eigenvalue weighted by molar-refractivity contribution is -0.123. The first kappa shape index (κ1) is 18.4. The highest BCUT2D eigenvalue weighted by atomic mass is 16.5. The van der Waals surface area contributed by atoms with Gasteiger partial charge in [-0.3, -0.25) is 9.69 Å². The van der Waals surface area contributed by atoms with Crippen LogP contribution in [-0.4, -0.2) is 56.7 Å². The molecule has 134 valence electrons. The van der Waals surface area contributed by atoms with Gasteiger partial charge in [0.25, 0.3) is 0 Å². The summed E-state index contributed by atoms with van der Waals surface area (Å²) < 4.78 is 10.6. The van der Waals surface area contributed by atoms with Gasteiger partial charge in [-0.25, -0.2) is 0 Å². The molecule has 0 unspecified atom stereocenters.